The molecule has 4 heterocycles. The standard InChI is InChI=1S/C22H21F6N7O2S/c1-11-19(21(38-34-11)33-17-8-29-15(7-30-17)22(26,27)28)20(36)32-12-2-3-18(31-6-12)37-14-4-5-35(9-13(14)23)10-16(24)25/h2-3,6-8,13-14,16H,4-5,9-10H2,1H3,(H,30,33)(H,32,36)/t13-,14-/m1/s1. The predicted octanol–water partition coefficient (Wildman–Crippen LogP) is 4.71. The lowest BCUT2D eigenvalue weighted by Gasteiger charge is -2.34. The lowest BCUT2D eigenvalue weighted by Crippen LogP contribution is -2.48. The van der Waals surface area contributed by atoms with E-state index in [1.165, 1.54) is 23.2 Å². The number of carbonyl (C=O) groups is 1. The van der Waals surface area contributed by atoms with E-state index in [-0.39, 0.29) is 47.5 Å². The number of hydrogen-bond acceptors (Lipinski definition) is 9. The molecular formula is C22H21F6N7O2S. The van der Waals surface area contributed by atoms with Crippen molar-refractivity contribution < 1.29 is 35.9 Å². The maximum Gasteiger partial charge on any atom is 0.434 e. The van der Waals surface area contributed by atoms with E-state index < -0.39 is 43.0 Å². The van der Waals surface area contributed by atoms with Crippen LogP contribution in [0.15, 0.2) is 30.7 Å². The molecule has 1 aliphatic heterocycles. The highest BCUT2D eigenvalue weighted by molar-refractivity contribution is 7.10. The van der Waals surface area contributed by atoms with Crippen molar-refractivity contribution in [3.8, 4) is 5.88 Å². The van der Waals surface area contributed by atoms with E-state index in [9.17, 15) is 31.1 Å². The van der Waals surface area contributed by atoms with E-state index in [1.807, 2.05) is 0 Å². The number of carbonyl (C=O) groups excluding carboxylic acids is 1. The van der Waals surface area contributed by atoms with Crippen LogP contribution in [-0.4, -0.2) is 68.5 Å². The second kappa shape index (κ2) is 11.5. The van der Waals surface area contributed by atoms with Gasteiger partial charge in [0.2, 0.25) is 5.88 Å². The number of nitrogens with one attached hydrogen (secondary N) is 2. The largest absolute Gasteiger partial charge is 0.471 e. The Balaban J connectivity index is 1.36. The number of piperidine rings is 1. The van der Waals surface area contributed by atoms with Gasteiger partial charge >= 0.3 is 6.18 Å². The Morgan fingerprint density at radius 1 is 1.21 bits per heavy atom. The molecule has 1 saturated heterocycles. The molecule has 38 heavy (non-hydrogen) atoms. The van der Waals surface area contributed by atoms with Crippen molar-refractivity contribution in [3.63, 3.8) is 0 Å². The molecule has 204 valence electrons. The van der Waals surface area contributed by atoms with Crippen molar-refractivity contribution in [1.29, 1.82) is 0 Å². The molecule has 0 saturated carbocycles. The molecule has 0 radical (unpaired) electrons. The van der Waals surface area contributed by atoms with Crippen molar-refractivity contribution in [2.75, 3.05) is 30.3 Å². The Morgan fingerprint density at radius 2 is 2.00 bits per heavy atom. The quantitative estimate of drug-likeness (QED) is 0.381. The minimum Gasteiger partial charge on any atom is -0.471 e. The van der Waals surface area contributed by atoms with Crippen molar-refractivity contribution in [1.82, 2.24) is 24.2 Å². The number of pyridine rings is 1. The Bertz CT molecular complexity index is 1240. The van der Waals surface area contributed by atoms with Crippen LogP contribution >= 0.6 is 11.5 Å². The van der Waals surface area contributed by atoms with Gasteiger partial charge in [0.1, 0.15) is 23.1 Å². The highest BCUT2D eigenvalue weighted by Gasteiger charge is 2.33. The molecule has 0 spiro atoms. The van der Waals surface area contributed by atoms with Crippen molar-refractivity contribution >= 4 is 33.9 Å². The van der Waals surface area contributed by atoms with E-state index in [2.05, 4.69) is 30.0 Å². The van der Waals surface area contributed by atoms with Crippen LogP contribution in [0.2, 0.25) is 0 Å². The molecule has 0 unspecified atom stereocenters. The number of aromatic nitrogens is 4. The number of aryl methyl sites for hydroxylation is 1. The number of amides is 1. The Kier molecular flexibility index (Phi) is 8.30. The Morgan fingerprint density at radius 3 is 2.61 bits per heavy atom. The van der Waals surface area contributed by atoms with Crippen LogP contribution in [0.4, 0.5) is 42.8 Å². The summed E-state index contributed by atoms with van der Waals surface area (Å²) in [6.07, 6.45) is -6.48. The van der Waals surface area contributed by atoms with Gasteiger partial charge in [-0.3, -0.25) is 9.69 Å². The highest BCUT2D eigenvalue weighted by Crippen LogP contribution is 2.30. The van der Waals surface area contributed by atoms with Crippen LogP contribution < -0.4 is 15.4 Å². The summed E-state index contributed by atoms with van der Waals surface area (Å²) in [6, 6.07) is 2.92. The van der Waals surface area contributed by atoms with Gasteiger partial charge in [0.05, 0.1) is 42.1 Å². The van der Waals surface area contributed by atoms with Crippen LogP contribution in [0, 0.1) is 6.92 Å². The van der Waals surface area contributed by atoms with Crippen molar-refractivity contribution in [2.24, 2.45) is 0 Å². The first-order valence-corrected chi connectivity index (χ1v) is 12.0. The van der Waals surface area contributed by atoms with E-state index in [0.29, 0.717) is 11.9 Å². The third kappa shape index (κ3) is 6.86. The molecule has 9 nitrogen and oxygen atoms in total. The van der Waals surface area contributed by atoms with E-state index in [0.717, 1.165) is 17.7 Å². The molecule has 0 aliphatic carbocycles. The lowest BCUT2D eigenvalue weighted by molar-refractivity contribution is -0.141. The number of likely N-dealkylation sites (tertiary alicyclic amines) is 1. The zero-order valence-corrected chi connectivity index (χ0v) is 20.5. The molecule has 4 rings (SSSR count). The molecule has 16 heteroatoms. The zero-order chi connectivity index (χ0) is 27.4. The normalized spacial score (nSPS) is 18.4. The first kappa shape index (κ1) is 27.5. The Hall–Kier alpha value is -3.53. The highest BCUT2D eigenvalue weighted by atomic mass is 32.1. The molecule has 1 aliphatic rings. The minimum absolute atomic E-state index is 0.00919. The van der Waals surface area contributed by atoms with Crippen LogP contribution in [0.25, 0.3) is 0 Å². The second-order valence-corrected chi connectivity index (χ2v) is 9.11. The number of anilines is 3. The van der Waals surface area contributed by atoms with E-state index >= 15 is 0 Å². The molecule has 3 aromatic heterocycles. The first-order chi connectivity index (χ1) is 18.0. The fourth-order valence-electron chi connectivity index (χ4n) is 3.69. The number of rotatable bonds is 8. The third-order valence-corrected chi connectivity index (χ3v) is 6.36. The molecule has 1 fully saturated rings. The van der Waals surface area contributed by atoms with Gasteiger partial charge in [-0.25, -0.2) is 28.1 Å². The molecule has 0 aromatic carbocycles. The molecule has 2 atom stereocenters. The van der Waals surface area contributed by atoms with Crippen LogP contribution in [0.5, 0.6) is 5.88 Å². The summed E-state index contributed by atoms with van der Waals surface area (Å²) < 4.78 is 87.2. The van der Waals surface area contributed by atoms with Crippen molar-refractivity contribution in [3.05, 3.63) is 47.7 Å². The molecular weight excluding hydrogens is 540 g/mol. The maximum absolute atomic E-state index is 14.4. The fourth-order valence-corrected chi connectivity index (χ4v) is 4.49. The number of halogens is 6. The fraction of sp³-hybridized carbons (Fsp3) is 0.409. The van der Waals surface area contributed by atoms with Gasteiger partial charge in [-0.2, -0.15) is 17.5 Å². The average molecular weight is 562 g/mol. The predicted molar refractivity (Wildman–Crippen MR) is 126 cm³/mol. The van der Waals surface area contributed by atoms with E-state index in [4.69, 9.17) is 4.74 Å². The van der Waals surface area contributed by atoms with Gasteiger partial charge in [-0.1, -0.05) is 0 Å². The Labute approximate surface area is 216 Å². The van der Waals surface area contributed by atoms with Crippen molar-refractivity contribution in [2.45, 2.75) is 38.2 Å². The van der Waals surface area contributed by atoms with Crippen LogP contribution in [-0.2, 0) is 6.18 Å². The monoisotopic (exact) mass is 561 g/mol. The minimum atomic E-state index is -4.63. The smallest absolute Gasteiger partial charge is 0.434 e. The lowest BCUT2D eigenvalue weighted by atomic mass is 10.1. The molecule has 2 N–H and O–H groups in total. The van der Waals surface area contributed by atoms with Crippen LogP contribution in [0.1, 0.15) is 28.2 Å². The SMILES string of the molecule is Cc1nsc(Nc2cnc(C(F)(F)F)cn2)c1C(=O)Nc1ccc(O[C@@H]2CCN(CC(F)F)C[C@H]2F)nc1. The second-order valence-electron chi connectivity index (χ2n) is 8.33. The number of ether oxygens (including phenoxy) is 1. The van der Waals surface area contributed by atoms with Gasteiger partial charge in [0.25, 0.3) is 12.3 Å². The average Bonchev–Trinajstić information content (AvgIpc) is 3.21. The first-order valence-electron chi connectivity index (χ1n) is 11.2. The third-order valence-electron chi connectivity index (χ3n) is 5.50. The number of hydrogen-bond donors (Lipinski definition) is 2. The zero-order valence-electron chi connectivity index (χ0n) is 19.7. The summed E-state index contributed by atoms with van der Waals surface area (Å²) in [5.41, 5.74) is -0.347. The summed E-state index contributed by atoms with van der Waals surface area (Å²) in [6.45, 7) is 1.20. The van der Waals surface area contributed by atoms with Gasteiger partial charge in [0, 0.05) is 25.6 Å². The van der Waals surface area contributed by atoms with Crippen LogP contribution in [0.3, 0.4) is 0 Å². The maximum atomic E-state index is 14.4. The topological polar surface area (TPSA) is 105 Å². The molecule has 3 aromatic rings. The number of nitrogens with zero attached hydrogens (tertiary/aromatic N) is 5. The van der Waals surface area contributed by atoms with E-state index in [1.54, 1.807) is 6.92 Å². The van der Waals surface area contributed by atoms with Gasteiger partial charge in [0.15, 0.2) is 5.69 Å². The summed E-state index contributed by atoms with van der Waals surface area (Å²) in [7, 11) is 0. The summed E-state index contributed by atoms with van der Waals surface area (Å²) >= 11 is 0.917. The van der Waals surface area contributed by atoms with Gasteiger partial charge in [-0.15, -0.1) is 0 Å². The number of alkyl halides is 6. The van der Waals surface area contributed by atoms with Gasteiger partial charge in [-0.05, 0) is 24.5 Å². The summed E-state index contributed by atoms with van der Waals surface area (Å²) in [4.78, 5) is 25.3. The van der Waals surface area contributed by atoms with Gasteiger partial charge < -0.3 is 15.4 Å². The molecule has 0 bridgehead atoms. The summed E-state index contributed by atoms with van der Waals surface area (Å²) in [5, 5.41) is 5.63. The molecule has 1 amide bonds. The summed E-state index contributed by atoms with van der Waals surface area (Å²) in [5.74, 6) is -0.469.